The highest BCUT2D eigenvalue weighted by atomic mass is 35.5. The number of halogens is 1. The fourth-order valence-corrected chi connectivity index (χ4v) is 1.70. The van der Waals surface area contributed by atoms with Crippen LogP contribution in [0.3, 0.4) is 0 Å². The van der Waals surface area contributed by atoms with E-state index >= 15 is 0 Å². The van der Waals surface area contributed by atoms with Crippen LogP contribution >= 0.6 is 11.6 Å². The molecule has 0 radical (unpaired) electrons. The zero-order valence-corrected chi connectivity index (χ0v) is 8.01. The summed E-state index contributed by atoms with van der Waals surface area (Å²) in [6.07, 6.45) is 0.722. The molecule has 2 aromatic rings. The summed E-state index contributed by atoms with van der Waals surface area (Å²) in [5.41, 5.74) is 2.02. The first-order valence-corrected chi connectivity index (χ1v) is 4.50. The van der Waals surface area contributed by atoms with Crippen molar-refractivity contribution in [3.05, 3.63) is 34.5 Å². The minimum Gasteiger partial charge on any atom is -0.392 e. The first kappa shape index (κ1) is 9.24. The lowest BCUT2D eigenvalue weighted by atomic mass is 10.1. The van der Waals surface area contributed by atoms with Gasteiger partial charge in [-0.25, -0.2) is 0 Å². The van der Waals surface area contributed by atoms with E-state index in [-0.39, 0.29) is 6.61 Å². The van der Waals surface area contributed by atoms with Crippen molar-refractivity contribution in [2.24, 2.45) is 0 Å². The molecule has 0 saturated heterocycles. The summed E-state index contributed by atoms with van der Waals surface area (Å²) in [4.78, 5) is 13.6. The van der Waals surface area contributed by atoms with Gasteiger partial charge < -0.3 is 10.1 Å². The van der Waals surface area contributed by atoms with Gasteiger partial charge in [0.2, 0.25) is 0 Å². The predicted octanol–water partition coefficient (Wildman–Crippen LogP) is 2.13. The van der Waals surface area contributed by atoms with Crippen LogP contribution in [0, 0.1) is 0 Å². The summed E-state index contributed by atoms with van der Waals surface area (Å²) in [7, 11) is 0. The van der Waals surface area contributed by atoms with Crippen molar-refractivity contribution in [2.45, 2.75) is 6.61 Å². The van der Waals surface area contributed by atoms with E-state index in [0.717, 1.165) is 22.8 Å². The molecule has 72 valence electrons. The molecule has 0 fully saturated rings. The van der Waals surface area contributed by atoms with E-state index in [1.165, 1.54) is 0 Å². The van der Waals surface area contributed by atoms with E-state index in [0.29, 0.717) is 10.7 Å². The highest BCUT2D eigenvalue weighted by Gasteiger charge is 2.08. The third-order valence-corrected chi connectivity index (χ3v) is 2.45. The van der Waals surface area contributed by atoms with E-state index in [9.17, 15) is 4.79 Å². The van der Waals surface area contributed by atoms with Gasteiger partial charge in [0.15, 0.2) is 6.29 Å². The lowest BCUT2D eigenvalue weighted by molar-refractivity contribution is 0.112. The van der Waals surface area contributed by atoms with E-state index in [2.05, 4.69) is 4.98 Å². The van der Waals surface area contributed by atoms with E-state index in [4.69, 9.17) is 16.7 Å². The number of nitrogens with one attached hydrogen (secondary N) is 1. The van der Waals surface area contributed by atoms with Crippen molar-refractivity contribution in [1.82, 2.24) is 4.98 Å². The summed E-state index contributed by atoms with van der Waals surface area (Å²) >= 11 is 5.81. The standard InChI is InChI=1S/C10H8ClNO2/c11-10-8(5-14)7-2-1-6(4-13)3-9(7)12-10/h1-3,5,12-13H,4H2. The van der Waals surface area contributed by atoms with Gasteiger partial charge in [0, 0.05) is 10.9 Å². The fraction of sp³-hybridized carbons (Fsp3) is 0.100. The van der Waals surface area contributed by atoms with Crippen LogP contribution in [0.1, 0.15) is 15.9 Å². The molecule has 0 unspecified atom stereocenters. The number of aromatic amines is 1. The number of fused-ring (bicyclic) bond motifs is 1. The Hall–Kier alpha value is -1.32. The monoisotopic (exact) mass is 209 g/mol. The lowest BCUT2D eigenvalue weighted by Gasteiger charge is -1.95. The number of carbonyl (C=O) groups is 1. The van der Waals surface area contributed by atoms with Crippen molar-refractivity contribution < 1.29 is 9.90 Å². The first-order chi connectivity index (χ1) is 6.76. The summed E-state index contributed by atoms with van der Waals surface area (Å²) in [6.45, 7) is -0.0248. The van der Waals surface area contributed by atoms with Gasteiger partial charge in [0.05, 0.1) is 12.2 Å². The average Bonchev–Trinajstić information content (AvgIpc) is 2.51. The maximum absolute atomic E-state index is 10.7. The van der Waals surface area contributed by atoms with Crippen LogP contribution in [0.5, 0.6) is 0 Å². The van der Waals surface area contributed by atoms with Gasteiger partial charge in [-0.1, -0.05) is 23.7 Å². The van der Waals surface area contributed by atoms with E-state index < -0.39 is 0 Å². The highest BCUT2D eigenvalue weighted by molar-refractivity contribution is 6.34. The van der Waals surface area contributed by atoms with Crippen molar-refractivity contribution in [1.29, 1.82) is 0 Å². The van der Waals surface area contributed by atoms with Crippen LogP contribution < -0.4 is 0 Å². The summed E-state index contributed by atoms with van der Waals surface area (Å²) in [5, 5.41) is 10.0. The molecule has 4 heteroatoms. The number of aromatic nitrogens is 1. The normalized spacial score (nSPS) is 10.7. The molecule has 1 aromatic heterocycles. The molecule has 2 N–H and O–H groups in total. The van der Waals surface area contributed by atoms with Gasteiger partial charge >= 0.3 is 0 Å². The molecule has 0 saturated carbocycles. The lowest BCUT2D eigenvalue weighted by Crippen LogP contribution is -1.82. The average molecular weight is 210 g/mol. The largest absolute Gasteiger partial charge is 0.392 e. The Morgan fingerprint density at radius 1 is 1.50 bits per heavy atom. The topological polar surface area (TPSA) is 53.1 Å². The van der Waals surface area contributed by atoms with Crippen molar-refractivity contribution in [3.8, 4) is 0 Å². The van der Waals surface area contributed by atoms with E-state index in [1.54, 1.807) is 18.2 Å². The Labute approximate surface area is 85.3 Å². The van der Waals surface area contributed by atoms with Crippen molar-refractivity contribution in [3.63, 3.8) is 0 Å². The van der Waals surface area contributed by atoms with Crippen molar-refractivity contribution in [2.75, 3.05) is 0 Å². The molecule has 3 nitrogen and oxygen atoms in total. The molecule has 14 heavy (non-hydrogen) atoms. The molecule has 0 bridgehead atoms. The van der Waals surface area contributed by atoms with Gasteiger partial charge in [-0.15, -0.1) is 0 Å². The molecule has 0 aliphatic heterocycles. The number of H-pyrrole nitrogens is 1. The number of aliphatic hydroxyl groups excluding tert-OH is 1. The van der Waals surface area contributed by atoms with Crippen LogP contribution in [-0.2, 0) is 6.61 Å². The minimum atomic E-state index is -0.0248. The van der Waals surface area contributed by atoms with Gasteiger partial charge in [0.25, 0.3) is 0 Å². The molecular weight excluding hydrogens is 202 g/mol. The molecule has 0 amide bonds. The third kappa shape index (κ3) is 1.31. The molecular formula is C10H8ClNO2. The van der Waals surface area contributed by atoms with Crippen LogP contribution in [0.15, 0.2) is 18.2 Å². The molecule has 1 aromatic carbocycles. The second-order valence-corrected chi connectivity index (χ2v) is 3.39. The Bertz CT molecular complexity index is 490. The Morgan fingerprint density at radius 2 is 2.29 bits per heavy atom. The number of benzene rings is 1. The van der Waals surface area contributed by atoms with Gasteiger partial charge in [-0.05, 0) is 11.6 Å². The van der Waals surface area contributed by atoms with Gasteiger partial charge in [0.1, 0.15) is 5.15 Å². The summed E-state index contributed by atoms with van der Waals surface area (Å²) in [5.74, 6) is 0. The number of aliphatic hydroxyl groups is 1. The maximum atomic E-state index is 10.7. The maximum Gasteiger partial charge on any atom is 0.153 e. The van der Waals surface area contributed by atoms with Gasteiger partial charge in [-0.2, -0.15) is 0 Å². The zero-order chi connectivity index (χ0) is 10.1. The number of rotatable bonds is 2. The minimum absolute atomic E-state index is 0.0248. The summed E-state index contributed by atoms with van der Waals surface area (Å²) < 4.78 is 0. The fourth-order valence-electron chi connectivity index (χ4n) is 1.45. The Kier molecular flexibility index (Phi) is 2.27. The molecule has 0 aliphatic rings. The third-order valence-electron chi connectivity index (χ3n) is 2.16. The molecule has 2 rings (SSSR count). The molecule has 1 heterocycles. The zero-order valence-electron chi connectivity index (χ0n) is 7.25. The van der Waals surface area contributed by atoms with Crippen LogP contribution in [0.25, 0.3) is 10.9 Å². The Morgan fingerprint density at radius 3 is 2.93 bits per heavy atom. The predicted molar refractivity (Wildman–Crippen MR) is 54.6 cm³/mol. The highest BCUT2D eigenvalue weighted by Crippen LogP contribution is 2.25. The molecule has 0 spiro atoms. The quantitative estimate of drug-likeness (QED) is 0.745. The summed E-state index contributed by atoms with van der Waals surface area (Å²) in [6, 6.07) is 5.31. The number of carbonyl (C=O) groups excluding carboxylic acids is 1. The van der Waals surface area contributed by atoms with Crippen LogP contribution in [0.2, 0.25) is 5.15 Å². The first-order valence-electron chi connectivity index (χ1n) is 4.12. The molecule has 0 atom stereocenters. The van der Waals surface area contributed by atoms with Gasteiger partial charge in [-0.3, -0.25) is 4.79 Å². The van der Waals surface area contributed by atoms with Crippen LogP contribution in [-0.4, -0.2) is 16.4 Å². The second kappa shape index (κ2) is 3.44. The second-order valence-electron chi connectivity index (χ2n) is 3.01. The van der Waals surface area contributed by atoms with E-state index in [1.807, 2.05) is 0 Å². The number of hydrogen-bond acceptors (Lipinski definition) is 2. The molecule has 0 aliphatic carbocycles. The SMILES string of the molecule is O=Cc1c(Cl)[nH]c2cc(CO)ccc12. The number of hydrogen-bond donors (Lipinski definition) is 2. The smallest absolute Gasteiger partial charge is 0.153 e. The van der Waals surface area contributed by atoms with Crippen molar-refractivity contribution >= 4 is 28.8 Å². The Balaban J connectivity index is 2.74. The number of aldehydes is 1. The van der Waals surface area contributed by atoms with Crippen LogP contribution in [0.4, 0.5) is 0 Å².